The van der Waals surface area contributed by atoms with Crippen LogP contribution in [0.25, 0.3) is 11.5 Å². The maximum atomic E-state index is 11.4. The predicted octanol–water partition coefficient (Wildman–Crippen LogP) is 3.33. The SMILES string of the molecule is COC(=O)c1ccn(Cc2nc(-c3cccc(Cl)c3)oc2C)n1. The molecule has 0 saturated heterocycles. The normalized spacial score (nSPS) is 10.7. The third-order valence-corrected chi connectivity index (χ3v) is 3.55. The second kappa shape index (κ2) is 6.26. The Morgan fingerprint density at radius 1 is 1.39 bits per heavy atom. The first-order valence-corrected chi connectivity index (χ1v) is 7.28. The number of hydrogen-bond donors (Lipinski definition) is 0. The van der Waals surface area contributed by atoms with Gasteiger partial charge in [0.1, 0.15) is 11.5 Å². The van der Waals surface area contributed by atoms with Crippen molar-refractivity contribution in [1.82, 2.24) is 14.8 Å². The molecule has 0 spiro atoms. The van der Waals surface area contributed by atoms with Gasteiger partial charge in [0.15, 0.2) is 5.69 Å². The Morgan fingerprint density at radius 2 is 2.22 bits per heavy atom. The number of aryl methyl sites for hydroxylation is 1. The molecule has 0 N–H and O–H groups in total. The van der Waals surface area contributed by atoms with E-state index in [1.807, 2.05) is 19.1 Å². The van der Waals surface area contributed by atoms with E-state index in [9.17, 15) is 4.79 Å². The third-order valence-electron chi connectivity index (χ3n) is 3.31. The van der Waals surface area contributed by atoms with Crippen molar-refractivity contribution < 1.29 is 13.9 Å². The van der Waals surface area contributed by atoms with Crippen molar-refractivity contribution >= 4 is 17.6 Å². The van der Waals surface area contributed by atoms with Gasteiger partial charge in [0, 0.05) is 16.8 Å². The molecule has 6 nitrogen and oxygen atoms in total. The summed E-state index contributed by atoms with van der Waals surface area (Å²) in [5, 5.41) is 4.77. The monoisotopic (exact) mass is 331 g/mol. The zero-order chi connectivity index (χ0) is 16.4. The summed E-state index contributed by atoms with van der Waals surface area (Å²) in [5.74, 6) is 0.718. The third kappa shape index (κ3) is 3.27. The highest BCUT2D eigenvalue weighted by atomic mass is 35.5. The molecule has 2 heterocycles. The topological polar surface area (TPSA) is 70.2 Å². The highest BCUT2D eigenvalue weighted by Crippen LogP contribution is 2.24. The molecular formula is C16H14ClN3O3. The van der Waals surface area contributed by atoms with Crippen molar-refractivity contribution in [2.75, 3.05) is 7.11 Å². The highest BCUT2D eigenvalue weighted by Gasteiger charge is 2.14. The molecule has 7 heteroatoms. The van der Waals surface area contributed by atoms with Gasteiger partial charge in [-0.1, -0.05) is 17.7 Å². The van der Waals surface area contributed by atoms with Crippen LogP contribution in [0.2, 0.25) is 5.02 Å². The molecule has 0 atom stereocenters. The van der Waals surface area contributed by atoms with Gasteiger partial charge in [-0.25, -0.2) is 9.78 Å². The lowest BCUT2D eigenvalue weighted by molar-refractivity contribution is 0.0593. The number of rotatable bonds is 4. The van der Waals surface area contributed by atoms with Gasteiger partial charge in [0.2, 0.25) is 5.89 Å². The predicted molar refractivity (Wildman–Crippen MR) is 84.4 cm³/mol. The second-order valence-electron chi connectivity index (χ2n) is 4.92. The first-order valence-electron chi connectivity index (χ1n) is 6.91. The summed E-state index contributed by atoms with van der Waals surface area (Å²) in [5.41, 5.74) is 1.80. The minimum atomic E-state index is -0.472. The van der Waals surface area contributed by atoms with E-state index in [0.29, 0.717) is 23.2 Å². The number of hydrogen-bond acceptors (Lipinski definition) is 5. The average molecular weight is 332 g/mol. The summed E-state index contributed by atoms with van der Waals surface area (Å²) in [6.07, 6.45) is 1.69. The Hall–Kier alpha value is -2.60. The number of methoxy groups -OCH3 is 1. The highest BCUT2D eigenvalue weighted by molar-refractivity contribution is 6.30. The van der Waals surface area contributed by atoms with Gasteiger partial charge >= 0.3 is 5.97 Å². The van der Waals surface area contributed by atoms with E-state index in [1.165, 1.54) is 7.11 Å². The summed E-state index contributed by atoms with van der Waals surface area (Å²) in [7, 11) is 1.32. The molecule has 23 heavy (non-hydrogen) atoms. The van der Waals surface area contributed by atoms with E-state index in [4.69, 9.17) is 16.0 Å². The molecule has 0 unspecified atom stereocenters. The van der Waals surface area contributed by atoms with Crippen molar-refractivity contribution in [2.24, 2.45) is 0 Å². The molecule has 3 rings (SSSR count). The van der Waals surface area contributed by atoms with Gasteiger partial charge in [-0.3, -0.25) is 4.68 Å². The molecule has 0 fully saturated rings. The fourth-order valence-corrected chi connectivity index (χ4v) is 2.33. The Labute approximate surface area is 137 Å². The molecule has 0 aliphatic heterocycles. The van der Waals surface area contributed by atoms with Crippen LogP contribution in [0.1, 0.15) is 21.9 Å². The maximum absolute atomic E-state index is 11.4. The van der Waals surface area contributed by atoms with Crippen LogP contribution in [0.4, 0.5) is 0 Å². The quantitative estimate of drug-likeness (QED) is 0.686. The smallest absolute Gasteiger partial charge is 0.358 e. The van der Waals surface area contributed by atoms with E-state index >= 15 is 0 Å². The van der Waals surface area contributed by atoms with Crippen LogP contribution in [-0.4, -0.2) is 27.8 Å². The molecule has 0 bridgehead atoms. The molecule has 0 radical (unpaired) electrons. The number of esters is 1. The van der Waals surface area contributed by atoms with Gasteiger partial charge < -0.3 is 9.15 Å². The maximum Gasteiger partial charge on any atom is 0.358 e. The summed E-state index contributed by atoms with van der Waals surface area (Å²) in [6.45, 7) is 2.23. The summed E-state index contributed by atoms with van der Waals surface area (Å²) >= 11 is 5.99. The van der Waals surface area contributed by atoms with Crippen molar-refractivity contribution in [2.45, 2.75) is 13.5 Å². The van der Waals surface area contributed by atoms with Crippen LogP contribution in [0.15, 0.2) is 40.9 Å². The number of ether oxygens (including phenoxy) is 1. The van der Waals surface area contributed by atoms with Crippen molar-refractivity contribution in [1.29, 1.82) is 0 Å². The molecule has 2 aromatic heterocycles. The van der Waals surface area contributed by atoms with Crippen LogP contribution in [0.5, 0.6) is 0 Å². The Balaban J connectivity index is 1.84. The lowest BCUT2D eigenvalue weighted by Crippen LogP contribution is -2.06. The Kier molecular flexibility index (Phi) is 4.16. The van der Waals surface area contributed by atoms with Gasteiger partial charge in [-0.05, 0) is 31.2 Å². The minimum Gasteiger partial charge on any atom is -0.464 e. The largest absolute Gasteiger partial charge is 0.464 e. The first-order chi connectivity index (χ1) is 11.1. The molecule has 0 saturated carbocycles. The zero-order valence-electron chi connectivity index (χ0n) is 12.6. The van der Waals surface area contributed by atoms with E-state index in [-0.39, 0.29) is 5.69 Å². The lowest BCUT2D eigenvalue weighted by atomic mass is 10.2. The van der Waals surface area contributed by atoms with Gasteiger partial charge in [-0.2, -0.15) is 5.10 Å². The Morgan fingerprint density at radius 3 is 2.96 bits per heavy atom. The lowest BCUT2D eigenvalue weighted by Gasteiger charge is -1.98. The number of oxazole rings is 1. The first kappa shape index (κ1) is 15.3. The zero-order valence-corrected chi connectivity index (χ0v) is 13.4. The fraction of sp³-hybridized carbons (Fsp3) is 0.188. The van der Waals surface area contributed by atoms with Crippen LogP contribution < -0.4 is 0 Å². The van der Waals surface area contributed by atoms with Gasteiger partial charge in [0.25, 0.3) is 0 Å². The summed E-state index contributed by atoms with van der Waals surface area (Å²) in [6, 6.07) is 8.90. The van der Waals surface area contributed by atoms with E-state index < -0.39 is 5.97 Å². The van der Waals surface area contributed by atoms with E-state index in [1.54, 1.807) is 29.1 Å². The average Bonchev–Trinajstić information content (AvgIpc) is 3.14. The van der Waals surface area contributed by atoms with Gasteiger partial charge in [0.05, 0.1) is 13.7 Å². The van der Waals surface area contributed by atoms with Crippen molar-refractivity contribution in [3.8, 4) is 11.5 Å². The minimum absolute atomic E-state index is 0.253. The molecule has 0 aliphatic carbocycles. The molecule has 3 aromatic rings. The molecular weight excluding hydrogens is 318 g/mol. The van der Waals surface area contributed by atoms with E-state index in [2.05, 4.69) is 14.8 Å². The van der Waals surface area contributed by atoms with Crippen LogP contribution in [-0.2, 0) is 11.3 Å². The number of aromatic nitrogens is 3. The van der Waals surface area contributed by atoms with Crippen LogP contribution in [0.3, 0.4) is 0 Å². The number of nitrogens with zero attached hydrogens (tertiary/aromatic N) is 3. The standard InChI is InChI=1S/C16H14ClN3O3/c1-10-14(9-20-7-6-13(19-20)16(21)22-2)18-15(23-10)11-4-3-5-12(17)8-11/h3-8H,9H2,1-2H3. The van der Waals surface area contributed by atoms with Crippen LogP contribution >= 0.6 is 11.6 Å². The number of halogens is 1. The molecule has 0 amide bonds. The molecule has 0 aliphatic rings. The van der Waals surface area contributed by atoms with Crippen molar-refractivity contribution in [3.05, 3.63) is 58.7 Å². The Bertz CT molecular complexity index is 854. The second-order valence-corrected chi connectivity index (χ2v) is 5.36. The fourth-order valence-electron chi connectivity index (χ4n) is 2.14. The number of carbonyl (C=O) groups is 1. The van der Waals surface area contributed by atoms with Crippen molar-refractivity contribution in [3.63, 3.8) is 0 Å². The van der Waals surface area contributed by atoms with Gasteiger partial charge in [-0.15, -0.1) is 0 Å². The number of carbonyl (C=O) groups excluding carboxylic acids is 1. The molecule has 118 valence electrons. The van der Waals surface area contributed by atoms with E-state index in [0.717, 1.165) is 11.3 Å². The van der Waals surface area contributed by atoms with Crippen LogP contribution in [0, 0.1) is 6.92 Å². The summed E-state index contributed by atoms with van der Waals surface area (Å²) < 4.78 is 11.9. The summed E-state index contributed by atoms with van der Waals surface area (Å²) in [4.78, 5) is 15.9. The molecule has 1 aromatic carbocycles. The number of benzene rings is 1.